The Morgan fingerprint density at radius 2 is 1.89 bits per heavy atom. The Labute approximate surface area is 112 Å². The van der Waals surface area contributed by atoms with Crippen molar-refractivity contribution < 1.29 is 9.47 Å². The van der Waals surface area contributed by atoms with Crippen molar-refractivity contribution >= 4 is 0 Å². The SMILES string of the molecule is CC1=CC(C)C(C2OCC(C)(C(C)C)CO2)CC1. The van der Waals surface area contributed by atoms with Crippen LogP contribution in [0.2, 0.25) is 0 Å². The fourth-order valence-corrected chi connectivity index (χ4v) is 2.91. The Morgan fingerprint density at radius 1 is 1.28 bits per heavy atom. The topological polar surface area (TPSA) is 18.5 Å². The molecule has 0 aromatic rings. The lowest BCUT2D eigenvalue weighted by Crippen LogP contribution is -2.46. The summed E-state index contributed by atoms with van der Waals surface area (Å²) in [4.78, 5) is 0. The highest BCUT2D eigenvalue weighted by atomic mass is 16.7. The predicted molar refractivity (Wildman–Crippen MR) is 74.3 cm³/mol. The lowest BCUT2D eigenvalue weighted by Gasteiger charge is -2.44. The zero-order chi connectivity index (χ0) is 13.3. The summed E-state index contributed by atoms with van der Waals surface area (Å²) >= 11 is 0. The number of hydrogen-bond acceptors (Lipinski definition) is 2. The predicted octanol–water partition coefficient (Wildman–Crippen LogP) is 4.01. The summed E-state index contributed by atoms with van der Waals surface area (Å²) in [5.74, 6) is 1.71. The monoisotopic (exact) mass is 252 g/mol. The van der Waals surface area contributed by atoms with E-state index in [0.717, 1.165) is 13.2 Å². The van der Waals surface area contributed by atoms with Crippen molar-refractivity contribution in [3.63, 3.8) is 0 Å². The van der Waals surface area contributed by atoms with E-state index in [1.165, 1.54) is 18.4 Å². The molecule has 2 rings (SSSR count). The summed E-state index contributed by atoms with van der Waals surface area (Å²) in [5.41, 5.74) is 1.70. The Balaban J connectivity index is 1.94. The summed E-state index contributed by atoms with van der Waals surface area (Å²) in [6.07, 6.45) is 4.79. The summed E-state index contributed by atoms with van der Waals surface area (Å²) in [6.45, 7) is 13.0. The standard InChI is InChI=1S/C16H28O2/c1-11(2)16(5)9-17-15(18-10-16)14-7-6-12(3)8-13(14)4/h8,11,13-15H,6-7,9-10H2,1-5H3. The summed E-state index contributed by atoms with van der Waals surface area (Å²) < 4.78 is 12.1. The Kier molecular flexibility index (Phi) is 4.18. The van der Waals surface area contributed by atoms with E-state index in [0.29, 0.717) is 17.8 Å². The van der Waals surface area contributed by atoms with Gasteiger partial charge in [-0.1, -0.05) is 39.3 Å². The molecule has 2 nitrogen and oxygen atoms in total. The Bertz CT molecular complexity index is 311. The van der Waals surface area contributed by atoms with Crippen molar-refractivity contribution in [1.29, 1.82) is 0 Å². The number of rotatable bonds is 2. The molecule has 1 saturated heterocycles. The van der Waals surface area contributed by atoms with Crippen molar-refractivity contribution in [2.24, 2.45) is 23.2 Å². The molecule has 2 unspecified atom stereocenters. The van der Waals surface area contributed by atoms with E-state index in [9.17, 15) is 0 Å². The third-order valence-corrected chi connectivity index (χ3v) is 4.99. The summed E-state index contributed by atoms with van der Waals surface area (Å²) in [7, 11) is 0. The van der Waals surface area contributed by atoms with E-state index in [2.05, 4.69) is 40.7 Å². The average molecular weight is 252 g/mol. The minimum absolute atomic E-state index is 0.0103. The lowest BCUT2D eigenvalue weighted by molar-refractivity contribution is -0.259. The van der Waals surface area contributed by atoms with Crippen LogP contribution in [0.5, 0.6) is 0 Å². The first-order valence-electron chi connectivity index (χ1n) is 7.33. The zero-order valence-corrected chi connectivity index (χ0v) is 12.5. The number of ether oxygens (including phenoxy) is 2. The first-order valence-corrected chi connectivity index (χ1v) is 7.33. The number of hydrogen-bond donors (Lipinski definition) is 0. The third kappa shape index (κ3) is 2.80. The maximum atomic E-state index is 6.05. The normalized spacial score (nSPS) is 41.9. The van der Waals surface area contributed by atoms with Gasteiger partial charge in [-0.2, -0.15) is 0 Å². The highest BCUT2D eigenvalue weighted by Gasteiger charge is 2.39. The first kappa shape index (κ1) is 14.1. The van der Waals surface area contributed by atoms with Crippen LogP contribution in [-0.2, 0) is 9.47 Å². The molecule has 0 bridgehead atoms. The Morgan fingerprint density at radius 3 is 2.39 bits per heavy atom. The van der Waals surface area contributed by atoms with Gasteiger partial charge in [-0.3, -0.25) is 0 Å². The molecule has 2 atom stereocenters. The van der Waals surface area contributed by atoms with Crippen LogP contribution in [0.15, 0.2) is 11.6 Å². The van der Waals surface area contributed by atoms with Crippen molar-refractivity contribution in [1.82, 2.24) is 0 Å². The third-order valence-electron chi connectivity index (χ3n) is 4.99. The molecular formula is C16H28O2. The van der Waals surface area contributed by atoms with Crippen molar-refractivity contribution in [2.75, 3.05) is 13.2 Å². The van der Waals surface area contributed by atoms with Gasteiger partial charge in [-0.15, -0.1) is 0 Å². The van der Waals surface area contributed by atoms with E-state index >= 15 is 0 Å². The molecule has 1 aliphatic carbocycles. The number of allylic oxidation sites excluding steroid dienone is 2. The van der Waals surface area contributed by atoms with E-state index in [-0.39, 0.29) is 11.7 Å². The Hall–Kier alpha value is -0.340. The van der Waals surface area contributed by atoms with E-state index in [1.54, 1.807) is 0 Å². The van der Waals surface area contributed by atoms with Crippen LogP contribution in [0.4, 0.5) is 0 Å². The van der Waals surface area contributed by atoms with Gasteiger partial charge in [0.1, 0.15) is 0 Å². The molecule has 1 heterocycles. The van der Waals surface area contributed by atoms with Gasteiger partial charge in [-0.25, -0.2) is 0 Å². The maximum absolute atomic E-state index is 6.05. The highest BCUT2D eigenvalue weighted by molar-refractivity contribution is 5.06. The van der Waals surface area contributed by atoms with Gasteiger partial charge in [0.2, 0.25) is 0 Å². The molecule has 0 N–H and O–H groups in total. The molecule has 1 fully saturated rings. The average Bonchev–Trinajstić information content (AvgIpc) is 2.31. The van der Waals surface area contributed by atoms with Gasteiger partial charge in [0, 0.05) is 11.3 Å². The highest BCUT2D eigenvalue weighted by Crippen LogP contribution is 2.38. The minimum atomic E-state index is 0.0103. The molecule has 2 heteroatoms. The maximum Gasteiger partial charge on any atom is 0.160 e. The second-order valence-electron chi connectivity index (χ2n) is 6.87. The fraction of sp³-hybridized carbons (Fsp3) is 0.875. The lowest BCUT2D eigenvalue weighted by atomic mass is 9.78. The second-order valence-corrected chi connectivity index (χ2v) is 6.87. The molecule has 0 saturated carbocycles. The van der Waals surface area contributed by atoms with Gasteiger partial charge >= 0.3 is 0 Å². The molecule has 104 valence electrons. The smallest absolute Gasteiger partial charge is 0.160 e. The van der Waals surface area contributed by atoms with Crippen LogP contribution in [0.25, 0.3) is 0 Å². The van der Waals surface area contributed by atoms with E-state index < -0.39 is 0 Å². The minimum Gasteiger partial charge on any atom is -0.352 e. The van der Waals surface area contributed by atoms with Crippen LogP contribution in [0.3, 0.4) is 0 Å². The van der Waals surface area contributed by atoms with Gasteiger partial charge in [-0.05, 0) is 31.6 Å². The summed E-state index contributed by atoms with van der Waals surface area (Å²) in [6, 6.07) is 0. The van der Waals surface area contributed by atoms with Gasteiger partial charge in [0.15, 0.2) is 6.29 Å². The van der Waals surface area contributed by atoms with E-state index in [1.807, 2.05) is 0 Å². The van der Waals surface area contributed by atoms with Crippen LogP contribution in [0, 0.1) is 23.2 Å². The fourth-order valence-electron chi connectivity index (χ4n) is 2.91. The molecule has 0 radical (unpaired) electrons. The first-order chi connectivity index (χ1) is 8.42. The van der Waals surface area contributed by atoms with Crippen LogP contribution in [0.1, 0.15) is 47.5 Å². The van der Waals surface area contributed by atoms with Gasteiger partial charge < -0.3 is 9.47 Å². The zero-order valence-electron chi connectivity index (χ0n) is 12.5. The molecule has 18 heavy (non-hydrogen) atoms. The van der Waals surface area contributed by atoms with Crippen LogP contribution < -0.4 is 0 Å². The summed E-state index contributed by atoms with van der Waals surface area (Å²) in [5, 5.41) is 0. The largest absolute Gasteiger partial charge is 0.352 e. The quantitative estimate of drug-likeness (QED) is 0.691. The van der Waals surface area contributed by atoms with E-state index in [4.69, 9.17) is 9.47 Å². The van der Waals surface area contributed by atoms with Crippen molar-refractivity contribution in [2.45, 2.75) is 53.8 Å². The molecule has 2 aliphatic rings. The van der Waals surface area contributed by atoms with Crippen LogP contribution >= 0.6 is 0 Å². The van der Waals surface area contributed by atoms with Crippen molar-refractivity contribution in [3.8, 4) is 0 Å². The molecular weight excluding hydrogens is 224 g/mol. The van der Waals surface area contributed by atoms with Gasteiger partial charge in [0.25, 0.3) is 0 Å². The molecule has 0 amide bonds. The molecule has 0 spiro atoms. The molecule has 0 aromatic heterocycles. The van der Waals surface area contributed by atoms with Crippen LogP contribution in [-0.4, -0.2) is 19.5 Å². The molecule has 0 aromatic carbocycles. The van der Waals surface area contributed by atoms with Crippen molar-refractivity contribution in [3.05, 3.63) is 11.6 Å². The second kappa shape index (κ2) is 5.34. The van der Waals surface area contributed by atoms with Gasteiger partial charge in [0.05, 0.1) is 13.2 Å². The molecule has 1 aliphatic heterocycles.